The van der Waals surface area contributed by atoms with Gasteiger partial charge in [0.2, 0.25) is 5.78 Å². The molecule has 0 aliphatic rings. The molecule has 3 heteroatoms. The first-order valence-corrected chi connectivity index (χ1v) is 5.32. The maximum Gasteiger partial charge on any atom is 0.201 e. The molecule has 0 saturated heterocycles. The predicted molar refractivity (Wildman–Crippen MR) is 57.2 cm³/mol. The van der Waals surface area contributed by atoms with Gasteiger partial charge in [-0.1, -0.05) is 19.8 Å². The van der Waals surface area contributed by atoms with E-state index < -0.39 is 0 Å². The quantitative estimate of drug-likeness (QED) is 0.603. The Hall–Kier alpha value is -0.700. The summed E-state index contributed by atoms with van der Waals surface area (Å²) >= 11 is 0. The number of ketones is 2. The molecule has 14 heavy (non-hydrogen) atoms. The highest BCUT2D eigenvalue weighted by Gasteiger charge is 2.20. The third-order valence-corrected chi connectivity index (χ3v) is 2.37. The predicted octanol–water partition coefficient (Wildman–Crippen LogP) is 1.56. The Morgan fingerprint density at radius 1 is 1.29 bits per heavy atom. The molecule has 0 aromatic carbocycles. The molecule has 3 nitrogen and oxygen atoms in total. The minimum Gasteiger partial charge on any atom is -0.320 e. The van der Waals surface area contributed by atoms with Crippen LogP contribution in [0, 0.1) is 5.92 Å². The Bertz CT molecular complexity index is 182. The van der Waals surface area contributed by atoms with Crippen LogP contribution in [0.4, 0.5) is 0 Å². The van der Waals surface area contributed by atoms with Crippen molar-refractivity contribution in [2.45, 2.75) is 39.5 Å². The maximum absolute atomic E-state index is 11.5. The van der Waals surface area contributed by atoms with Crippen molar-refractivity contribution >= 4 is 11.6 Å². The average Bonchev–Trinajstić information content (AvgIpc) is 2.17. The highest BCUT2D eigenvalue weighted by Crippen LogP contribution is 2.14. The lowest BCUT2D eigenvalue weighted by molar-refractivity contribution is -0.138. The van der Waals surface area contributed by atoms with Crippen molar-refractivity contribution in [2.24, 2.45) is 5.92 Å². The first-order chi connectivity index (χ1) is 6.63. The largest absolute Gasteiger partial charge is 0.320 e. The van der Waals surface area contributed by atoms with E-state index in [0.29, 0.717) is 0 Å². The van der Waals surface area contributed by atoms with Crippen LogP contribution in [0.15, 0.2) is 0 Å². The second-order valence-corrected chi connectivity index (χ2v) is 3.65. The van der Waals surface area contributed by atoms with Gasteiger partial charge in [-0.3, -0.25) is 9.59 Å². The summed E-state index contributed by atoms with van der Waals surface area (Å²) in [7, 11) is 1.86. The summed E-state index contributed by atoms with van der Waals surface area (Å²) in [4.78, 5) is 22.4. The van der Waals surface area contributed by atoms with E-state index in [0.717, 1.165) is 32.2 Å². The van der Waals surface area contributed by atoms with E-state index in [4.69, 9.17) is 0 Å². The zero-order valence-electron chi connectivity index (χ0n) is 9.43. The van der Waals surface area contributed by atoms with E-state index in [1.165, 1.54) is 6.92 Å². The van der Waals surface area contributed by atoms with Gasteiger partial charge in [-0.2, -0.15) is 0 Å². The van der Waals surface area contributed by atoms with Crippen LogP contribution in [0.1, 0.15) is 39.5 Å². The smallest absolute Gasteiger partial charge is 0.201 e. The lowest BCUT2D eigenvalue weighted by Crippen LogP contribution is -2.25. The van der Waals surface area contributed by atoms with Gasteiger partial charge in [0.1, 0.15) is 0 Å². The Morgan fingerprint density at radius 3 is 2.36 bits per heavy atom. The fraction of sp³-hybridized carbons (Fsp3) is 0.818. The van der Waals surface area contributed by atoms with Gasteiger partial charge in [-0.25, -0.2) is 0 Å². The maximum atomic E-state index is 11.5. The summed E-state index contributed by atoms with van der Waals surface area (Å²) in [6.45, 7) is 4.25. The van der Waals surface area contributed by atoms with Gasteiger partial charge < -0.3 is 5.32 Å². The molecule has 0 aliphatic heterocycles. The molecular formula is C11H21NO2. The molecule has 1 unspecified atom stereocenters. The van der Waals surface area contributed by atoms with Crippen LogP contribution in [0.2, 0.25) is 0 Å². The van der Waals surface area contributed by atoms with Gasteiger partial charge in [0.05, 0.1) is 0 Å². The Balaban J connectivity index is 4.08. The number of hydrogen-bond acceptors (Lipinski definition) is 3. The van der Waals surface area contributed by atoms with Crippen molar-refractivity contribution in [3.05, 3.63) is 0 Å². The number of carbonyl (C=O) groups is 2. The van der Waals surface area contributed by atoms with Gasteiger partial charge in [-0.15, -0.1) is 0 Å². The van der Waals surface area contributed by atoms with Crippen molar-refractivity contribution in [3.8, 4) is 0 Å². The van der Waals surface area contributed by atoms with Crippen LogP contribution in [0.25, 0.3) is 0 Å². The number of Topliss-reactive ketones (excluding diaryl/α,β-unsaturated/α-hetero) is 2. The molecule has 0 rings (SSSR count). The monoisotopic (exact) mass is 199 g/mol. The Labute approximate surface area is 86.3 Å². The number of hydrogen-bond donors (Lipinski definition) is 1. The number of unbranched alkanes of at least 4 members (excludes halogenated alkanes) is 1. The van der Waals surface area contributed by atoms with E-state index in [-0.39, 0.29) is 17.5 Å². The lowest BCUT2D eigenvalue weighted by Gasteiger charge is -2.13. The molecule has 0 aromatic heterocycles. The summed E-state index contributed by atoms with van der Waals surface area (Å²) in [5.41, 5.74) is 0. The van der Waals surface area contributed by atoms with Crippen molar-refractivity contribution in [3.63, 3.8) is 0 Å². The van der Waals surface area contributed by atoms with Crippen LogP contribution in [0.3, 0.4) is 0 Å². The first-order valence-electron chi connectivity index (χ1n) is 5.32. The van der Waals surface area contributed by atoms with Crippen molar-refractivity contribution in [1.82, 2.24) is 5.32 Å². The molecule has 0 fully saturated rings. The molecule has 0 spiro atoms. The van der Waals surface area contributed by atoms with Crippen molar-refractivity contribution in [2.75, 3.05) is 13.6 Å². The molecule has 0 radical (unpaired) electrons. The summed E-state index contributed by atoms with van der Waals surface area (Å²) in [6, 6.07) is 0. The molecule has 0 heterocycles. The molecule has 0 aromatic rings. The van der Waals surface area contributed by atoms with Crippen molar-refractivity contribution < 1.29 is 9.59 Å². The lowest BCUT2D eigenvalue weighted by atomic mass is 9.92. The fourth-order valence-corrected chi connectivity index (χ4v) is 1.46. The van der Waals surface area contributed by atoms with Crippen LogP contribution in [0.5, 0.6) is 0 Å². The van der Waals surface area contributed by atoms with Crippen LogP contribution < -0.4 is 5.32 Å². The summed E-state index contributed by atoms with van der Waals surface area (Å²) < 4.78 is 0. The van der Waals surface area contributed by atoms with E-state index >= 15 is 0 Å². The Morgan fingerprint density at radius 2 is 1.93 bits per heavy atom. The minimum atomic E-state index is -0.304. The number of nitrogens with one attached hydrogen (secondary N) is 1. The van der Waals surface area contributed by atoms with E-state index in [1.54, 1.807) is 0 Å². The second kappa shape index (κ2) is 7.68. The number of carbonyl (C=O) groups excluding carboxylic acids is 2. The summed E-state index contributed by atoms with van der Waals surface area (Å²) in [6.07, 6.45) is 3.71. The van der Waals surface area contributed by atoms with E-state index in [1.807, 2.05) is 7.05 Å². The minimum absolute atomic E-state index is 0.0695. The molecular weight excluding hydrogens is 178 g/mol. The zero-order valence-corrected chi connectivity index (χ0v) is 9.43. The molecule has 1 N–H and O–H groups in total. The zero-order chi connectivity index (χ0) is 11.0. The van der Waals surface area contributed by atoms with Gasteiger partial charge in [0.25, 0.3) is 0 Å². The van der Waals surface area contributed by atoms with Gasteiger partial charge >= 0.3 is 0 Å². The average molecular weight is 199 g/mol. The van der Waals surface area contributed by atoms with Gasteiger partial charge in [-0.05, 0) is 26.4 Å². The van der Waals surface area contributed by atoms with Crippen LogP contribution >= 0.6 is 0 Å². The van der Waals surface area contributed by atoms with Crippen LogP contribution in [-0.2, 0) is 9.59 Å². The standard InChI is InChI=1S/C11H21NO2/c1-4-5-6-10(7-8-12-3)11(14)9(2)13/h10,12H,4-8H2,1-3H3. The summed E-state index contributed by atoms with van der Waals surface area (Å²) in [5.74, 6) is -0.573. The third-order valence-electron chi connectivity index (χ3n) is 2.37. The Kier molecular flexibility index (Phi) is 7.30. The van der Waals surface area contributed by atoms with Gasteiger partial charge in [0, 0.05) is 12.8 Å². The normalized spacial score (nSPS) is 12.5. The molecule has 82 valence electrons. The summed E-state index contributed by atoms with van der Waals surface area (Å²) in [5, 5.41) is 3.00. The molecule has 0 aliphatic carbocycles. The van der Waals surface area contributed by atoms with E-state index in [2.05, 4.69) is 12.2 Å². The molecule has 0 amide bonds. The van der Waals surface area contributed by atoms with Gasteiger partial charge in [0.15, 0.2) is 5.78 Å². The molecule has 0 saturated carbocycles. The molecule has 1 atom stereocenters. The van der Waals surface area contributed by atoms with Crippen molar-refractivity contribution in [1.29, 1.82) is 0 Å². The molecule has 0 bridgehead atoms. The fourth-order valence-electron chi connectivity index (χ4n) is 1.46. The highest BCUT2D eigenvalue weighted by atomic mass is 16.2. The topological polar surface area (TPSA) is 46.2 Å². The number of rotatable bonds is 8. The van der Waals surface area contributed by atoms with E-state index in [9.17, 15) is 9.59 Å². The third kappa shape index (κ3) is 5.12. The SMILES string of the molecule is CCCCC(CCNC)C(=O)C(C)=O. The first kappa shape index (κ1) is 13.3. The second-order valence-electron chi connectivity index (χ2n) is 3.65. The van der Waals surface area contributed by atoms with Crippen LogP contribution in [-0.4, -0.2) is 25.2 Å². The highest BCUT2D eigenvalue weighted by molar-refractivity contribution is 6.37.